The number of rotatable bonds is 5. The normalized spacial score (nSPS) is 30.2. The first-order valence-corrected chi connectivity index (χ1v) is 7.20. The molecule has 0 unspecified atom stereocenters. The third-order valence-corrected chi connectivity index (χ3v) is 4.34. The first-order chi connectivity index (χ1) is 9.24. The Hall–Kier alpha value is -1.13. The third-order valence-electron chi connectivity index (χ3n) is 4.34. The number of nitrogens with zero attached hydrogens (tertiary/aromatic N) is 3. The lowest BCUT2D eigenvalue weighted by Crippen LogP contribution is -2.40. The Morgan fingerprint density at radius 1 is 1.37 bits per heavy atom. The smallest absolute Gasteiger partial charge is 0.213 e. The molecule has 0 spiro atoms. The quantitative estimate of drug-likeness (QED) is 0.803. The molecule has 3 atom stereocenters. The predicted molar refractivity (Wildman–Crippen MR) is 75.3 cm³/mol. The third kappa shape index (κ3) is 2.74. The van der Waals surface area contributed by atoms with Crippen molar-refractivity contribution in [3.63, 3.8) is 0 Å². The molecule has 2 fully saturated rings. The van der Waals surface area contributed by atoms with Gasteiger partial charge >= 0.3 is 0 Å². The second kappa shape index (κ2) is 5.47. The minimum Gasteiger partial charge on any atom is -0.472 e. The maximum Gasteiger partial charge on any atom is 0.213 e. The first-order valence-electron chi connectivity index (χ1n) is 7.20. The number of aromatic nitrogens is 1. The van der Waals surface area contributed by atoms with E-state index < -0.39 is 0 Å². The molecule has 0 N–H and O–H groups in total. The van der Waals surface area contributed by atoms with E-state index in [2.05, 4.69) is 28.9 Å². The van der Waals surface area contributed by atoms with E-state index in [4.69, 9.17) is 4.74 Å². The topological polar surface area (TPSA) is 28.6 Å². The second-order valence-corrected chi connectivity index (χ2v) is 5.95. The number of fused-ring (bicyclic) bond motifs is 2. The summed E-state index contributed by atoms with van der Waals surface area (Å²) in [5.74, 6) is 1.47. The Morgan fingerprint density at radius 2 is 2.26 bits per heavy atom. The lowest BCUT2D eigenvalue weighted by atomic mass is 10.1. The van der Waals surface area contributed by atoms with Gasteiger partial charge in [-0.3, -0.25) is 4.90 Å². The summed E-state index contributed by atoms with van der Waals surface area (Å²) in [6, 6.07) is 6.47. The van der Waals surface area contributed by atoms with Gasteiger partial charge in [-0.15, -0.1) is 0 Å². The molecule has 1 saturated heterocycles. The minimum absolute atomic E-state index is 0.345. The lowest BCUT2D eigenvalue weighted by Gasteiger charge is -2.28. The maximum atomic E-state index is 6.13. The maximum absolute atomic E-state index is 6.13. The van der Waals surface area contributed by atoms with E-state index in [0.29, 0.717) is 18.1 Å². The summed E-state index contributed by atoms with van der Waals surface area (Å²) in [6.07, 6.45) is 4.73. The van der Waals surface area contributed by atoms with Gasteiger partial charge in [0.25, 0.3) is 0 Å². The Balaban J connectivity index is 1.61. The van der Waals surface area contributed by atoms with Crippen LogP contribution in [0.2, 0.25) is 0 Å². The Bertz CT molecular complexity index is 409. The Morgan fingerprint density at radius 3 is 3.00 bits per heavy atom. The van der Waals surface area contributed by atoms with Crippen molar-refractivity contribution in [2.45, 2.75) is 25.0 Å². The van der Waals surface area contributed by atoms with Gasteiger partial charge in [0.05, 0.1) is 0 Å². The highest BCUT2D eigenvalue weighted by atomic mass is 16.5. The Labute approximate surface area is 115 Å². The summed E-state index contributed by atoms with van der Waals surface area (Å²) < 4.78 is 6.13. The van der Waals surface area contributed by atoms with E-state index in [1.165, 1.54) is 19.4 Å². The summed E-state index contributed by atoms with van der Waals surface area (Å²) in [5.41, 5.74) is 0. The number of likely N-dealkylation sites (tertiary alicyclic amines) is 1. The summed E-state index contributed by atoms with van der Waals surface area (Å²) >= 11 is 0. The van der Waals surface area contributed by atoms with Crippen molar-refractivity contribution in [2.24, 2.45) is 5.92 Å². The van der Waals surface area contributed by atoms with Crippen molar-refractivity contribution in [3.05, 3.63) is 24.4 Å². The van der Waals surface area contributed by atoms with Crippen LogP contribution >= 0.6 is 0 Å². The molecule has 104 valence electrons. The fourth-order valence-corrected chi connectivity index (χ4v) is 3.37. The summed E-state index contributed by atoms with van der Waals surface area (Å²) in [6.45, 7) is 3.46. The van der Waals surface area contributed by atoms with E-state index in [9.17, 15) is 0 Å². The highest BCUT2D eigenvalue weighted by molar-refractivity contribution is 5.12. The van der Waals surface area contributed by atoms with Crippen LogP contribution in [0.5, 0.6) is 5.88 Å². The molecular formula is C15H23N3O. The molecule has 1 aliphatic carbocycles. The second-order valence-electron chi connectivity index (χ2n) is 5.95. The van der Waals surface area contributed by atoms with Crippen LogP contribution in [-0.2, 0) is 0 Å². The van der Waals surface area contributed by atoms with Crippen LogP contribution in [-0.4, -0.2) is 60.7 Å². The van der Waals surface area contributed by atoms with Crippen molar-refractivity contribution in [3.8, 4) is 5.88 Å². The molecule has 3 rings (SSSR count). The average Bonchev–Trinajstić information content (AvgIpc) is 2.94. The number of pyridine rings is 1. The van der Waals surface area contributed by atoms with E-state index >= 15 is 0 Å². The van der Waals surface area contributed by atoms with Gasteiger partial charge in [-0.05, 0) is 33.0 Å². The molecule has 4 nitrogen and oxygen atoms in total. The number of hydrogen-bond acceptors (Lipinski definition) is 4. The molecule has 0 aromatic carbocycles. The predicted octanol–water partition coefficient (Wildman–Crippen LogP) is 1.48. The van der Waals surface area contributed by atoms with Crippen molar-refractivity contribution in [1.29, 1.82) is 0 Å². The van der Waals surface area contributed by atoms with Crippen molar-refractivity contribution in [2.75, 3.05) is 33.7 Å². The number of hydrogen-bond donors (Lipinski definition) is 0. The van der Waals surface area contributed by atoms with E-state index in [-0.39, 0.29) is 0 Å². The van der Waals surface area contributed by atoms with Crippen molar-refractivity contribution < 1.29 is 4.74 Å². The van der Waals surface area contributed by atoms with Gasteiger partial charge in [0.2, 0.25) is 5.88 Å². The summed E-state index contributed by atoms with van der Waals surface area (Å²) in [7, 11) is 4.27. The van der Waals surface area contributed by atoms with E-state index in [1.54, 1.807) is 6.20 Å². The van der Waals surface area contributed by atoms with E-state index in [1.807, 2.05) is 18.2 Å². The van der Waals surface area contributed by atoms with Crippen LogP contribution in [0.4, 0.5) is 0 Å². The molecule has 2 heterocycles. The fourth-order valence-electron chi connectivity index (χ4n) is 3.37. The van der Waals surface area contributed by atoms with Gasteiger partial charge in [0.15, 0.2) is 0 Å². The molecule has 0 radical (unpaired) electrons. The van der Waals surface area contributed by atoms with Crippen LogP contribution in [0.25, 0.3) is 0 Å². The van der Waals surface area contributed by atoms with Crippen LogP contribution in [0, 0.1) is 5.92 Å². The molecule has 1 aromatic heterocycles. The van der Waals surface area contributed by atoms with Crippen molar-refractivity contribution in [1.82, 2.24) is 14.8 Å². The molecule has 1 aliphatic heterocycles. The molecule has 19 heavy (non-hydrogen) atoms. The first kappa shape index (κ1) is 12.9. The zero-order chi connectivity index (χ0) is 13.2. The molecule has 2 bridgehead atoms. The molecule has 1 aromatic rings. The summed E-state index contributed by atoms with van der Waals surface area (Å²) in [4.78, 5) is 9.14. The molecular weight excluding hydrogens is 238 g/mol. The zero-order valence-electron chi connectivity index (χ0n) is 11.8. The SMILES string of the molecule is CN(C)CCN1C[C@H]2CC[C@@H]1[C@@H]2Oc1ccccn1. The van der Waals surface area contributed by atoms with Crippen LogP contribution in [0.1, 0.15) is 12.8 Å². The van der Waals surface area contributed by atoms with Crippen LogP contribution in [0.3, 0.4) is 0 Å². The molecule has 0 amide bonds. The highest BCUT2D eigenvalue weighted by Crippen LogP contribution is 2.39. The zero-order valence-corrected chi connectivity index (χ0v) is 11.8. The molecule has 2 aliphatic rings. The van der Waals surface area contributed by atoms with Gasteiger partial charge in [-0.1, -0.05) is 6.07 Å². The van der Waals surface area contributed by atoms with Gasteiger partial charge in [0, 0.05) is 43.9 Å². The summed E-state index contributed by atoms with van der Waals surface area (Å²) in [5, 5.41) is 0. The van der Waals surface area contributed by atoms with E-state index in [0.717, 1.165) is 19.0 Å². The fraction of sp³-hybridized carbons (Fsp3) is 0.667. The van der Waals surface area contributed by atoms with Gasteiger partial charge in [0.1, 0.15) is 6.10 Å². The number of likely N-dealkylation sites (N-methyl/N-ethyl adjacent to an activating group) is 1. The average molecular weight is 261 g/mol. The number of ether oxygens (including phenoxy) is 1. The lowest BCUT2D eigenvalue weighted by molar-refractivity contribution is 0.135. The van der Waals surface area contributed by atoms with Crippen molar-refractivity contribution >= 4 is 0 Å². The standard InChI is InChI=1S/C15H23N3O/c1-17(2)9-10-18-11-12-6-7-13(18)15(12)19-14-5-3-4-8-16-14/h3-5,8,12-13,15H,6-7,9-11H2,1-2H3/t12-,13-,15-/m1/s1. The molecule has 1 saturated carbocycles. The largest absolute Gasteiger partial charge is 0.472 e. The van der Waals surface area contributed by atoms with Crippen LogP contribution in [0.15, 0.2) is 24.4 Å². The molecule has 4 heteroatoms. The Kier molecular flexibility index (Phi) is 3.71. The monoisotopic (exact) mass is 261 g/mol. The number of piperidine rings is 1. The van der Waals surface area contributed by atoms with Gasteiger partial charge in [-0.2, -0.15) is 0 Å². The highest BCUT2D eigenvalue weighted by Gasteiger charge is 2.48. The minimum atomic E-state index is 0.345. The van der Waals surface area contributed by atoms with Gasteiger partial charge < -0.3 is 9.64 Å². The van der Waals surface area contributed by atoms with Crippen LogP contribution < -0.4 is 4.74 Å². The van der Waals surface area contributed by atoms with Gasteiger partial charge in [-0.25, -0.2) is 4.98 Å².